The second-order valence-electron chi connectivity index (χ2n) is 4.94. The molecule has 0 unspecified atom stereocenters. The Morgan fingerprint density at radius 3 is 2.83 bits per heavy atom. The number of aromatic nitrogens is 2. The van der Waals surface area contributed by atoms with Crippen LogP contribution in [0.3, 0.4) is 0 Å². The van der Waals surface area contributed by atoms with Gasteiger partial charge in [-0.15, -0.1) is 4.73 Å². The summed E-state index contributed by atoms with van der Waals surface area (Å²) >= 11 is 4.59. The smallest absolute Gasteiger partial charge is 0.179 e. The highest BCUT2D eigenvalue weighted by Gasteiger charge is 2.14. The summed E-state index contributed by atoms with van der Waals surface area (Å²) in [6.07, 6.45) is 6.85. The second-order valence-corrected chi connectivity index (χ2v) is 6.63. The quantitative estimate of drug-likeness (QED) is 0.263. The zero-order valence-electron chi connectivity index (χ0n) is 12.3. The van der Waals surface area contributed by atoms with E-state index in [2.05, 4.69) is 20.9 Å². The topological polar surface area (TPSA) is 49.4 Å². The molecule has 0 spiro atoms. The van der Waals surface area contributed by atoms with E-state index in [9.17, 15) is 0 Å². The zero-order chi connectivity index (χ0) is 16.4. The summed E-state index contributed by atoms with van der Waals surface area (Å²) in [6.45, 7) is 0. The van der Waals surface area contributed by atoms with Crippen molar-refractivity contribution < 1.29 is 13.7 Å². The van der Waals surface area contributed by atoms with Crippen LogP contribution < -0.4 is 4.99 Å². The molecule has 0 fully saturated rings. The minimum Gasteiger partial charge on any atom is -0.472 e. The van der Waals surface area contributed by atoms with Crippen LogP contribution >= 0.6 is 28.0 Å². The van der Waals surface area contributed by atoms with Gasteiger partial charge in [0.25, 0.3) is 0 Å². The second kappa shape index (κ2) is 6.72. The lowest BCUT2D eigenvalue weighted by Gasteiger charge is -2.04. The zero-order valence-corrected chi connectivity index (χ0v) is 14.7. The monoisotopic (exact) mass is 402 g/mol. The fourth-order valence-corrected chi connectivity index (χ4v) is 3.10. The highest BCUT2D eigenvalue weighted by molar-refractivity contribution is 9.10. The predicted octanol–water partition coefficient (Wildman–Crippen LogP) is 5.13. The number of fused-ring (bicyclic) bond motifs is 1. The van der Waals surface area contributed by atoms with Crippen molar-refractivity contribution >= 4 is 39.0 Å². The lowest BCUT2D eigenvalue weighted by atomic mass is 10.1. The van der Waals surface area contributed by atoms with Crippen LogP contribution in [0.5, 0.6) is 0 Å². The predicted molar refractivity (Wildman–Crippen MR) is 95.1 cm³/mol. The minimum absolute atomic E-state index is 0.656. The maximum absolute atomic E-state index is 5.41. The highest BCUT2D eigenvalue weighted by Crippen LogP contribution is 2.31. The summed E-state index contributed by atoms with van der Waals surface area (Å²) in [5.41, 5.74) is 2.54. The van der Waals surface area contributed by atoms with Gasteiger partial charge < -0.3 is 4.42 Å². The molecule has 0 saturated carbocycles. The van der Waals surface area contributed by atoms with E-state index in [0.717, 1.165) is 37.9 Å². The van der Waals surface area contributed by atoms with Gasteiger partial charge in [-0.05, 0) is 40.2 Å². The number of halogens is 1. The van der Waals surface area contributed by atoms with Crippen molar-refractivity contribution in [1.29, 1.82) is 0 Å². The van der Waals surface area contributed by atoms with Crippen LogP contribution in [0.2, 0.25) is 0 Å². The molecule has 0 aliphatic carbocycles. The fourth-order valence-electron chi connectivity index (χ4n) is 2.32. The molecule has 0 bridgehead atoms. The number of benzene rings is 1. The molecule has 0 saturated heterocycles. The number of rotatable bonds is 5. The SMILES string of the molecule is Brc1cnc2c(c1)c(-c1ccoc1)cn2OOSc1ccccc1. The van der Waals surface area contributed by atoms with Gasteiger partial charge in [-0.3, -0.25) is 0 Å². The van der Waals surface area contributed by atoms with E-state index < -0.39 is 0 Å². The number of hydrogen-bond donors (Lipinski definition) is 0. The molecule has 0 aliphatic rings. The van der Waals surface area contributed by atoms with Crippen LogP contribution in [0.25, 0.3) is 22.2 Å². The van der Waals surface area contributed by atoms with Crippen molar-refractivity contribution in [3.05, 3.63) is 71.9 Å². The number of furan rings is 1. The molecular formula is C17H11BrN2O3S. The minimum atomic E-state index is 0.656. The van der Waals surface area contributed by atoms with Crippen LogP contribution in [0.15, 0.2) is 81.2 Å². The highest BCUT2D eigenvalue weighted by atomic mass is 79.9. The lowest BCUT2D eigenvalue weighted by molar-refractivity contribution is -0.188. The molecule has 0 atom stereocenters. The Balaban J connectivity index is 1.63. The van der Waals surface area contributed by atoms with Gasteiger partial charge >= 0.3 is 0 Å². The Labute approximate surface area is 150 Å². The first-order valence-electron chi connectivity index (χ1n) is 7.07. The maximum atomic E-state index is 5.41. The largest absolute Gasteiger partial charge is 0.472 e. The van der Waals surface area contributed by atoms with Crippen molar-refractivity contribution in [2.75, 3.05) is 0 Å². The van der Waals surface area contributed by atoms with Crippen molar-refractivity contribution in [2.45, 2.75) is 4.90 Å². The van der Waals surface area contributed by atoms with E-state index in [1.807, 2.05) is 48.7 Å². The number of nitrogens with zero attached hydrogens (tertiary/aromatic N) is 2. The van der Waals surface area contributed by atoms with E-state index in [4.69, 9.17) is 13.7 Å². The Morgan fingerprint density at radius 1 is 1.17 bits per heavy atom. The summed E-state index contributed by atoms with van der Waals surface area (Å²) < 4.78 is 12.8. The van der Waals surface area contributed by atoms with E-state index in [1.54, 1.807) is 18.7 Å². The summed E-state index contributed by atoms with van der Waals surface area (Å²) in [4.78, 5) is 10.8. The van der Waals surface area contributed by atoms with E-state index in [-0.39, 0.29) is 0 Å². The van der Waals surface area contributed by atoms with Crippen LogP contribution in [0, 0.1) is 0 Å². The molecule has 120 valence electrons. The van der Waals surface area contributed by atoms with E-state index >= 15 is 0 Å². The van der Waals surface area contributed by atoms with Crippen molar-refractivity contribution in [3.8, 4) is 11.1 Å². The molecule has 3 aromatic heterocycles. The first-order chi connectivity index (χ1) is 11.8. The van der Waals surface area contributed by atoms with Crippen LogP contribution in [-0.2, 0) is 4.33 Å². The molecule has 4 aromatic rings. The van der Waals surface area contributed by atoms with Crippen LogP contribution in [-0.4, -0.2) is 9.71 Å². The normalized spacial score (nSPS) is 11.0. The molecule has 0 N–H and O–H groups in total. The third-order valence-electron chi connectivity index (χ3n) is 3.39. The van der Waals surface area contributed by atoms with Gasteiger partial charge in [-0.25, -0.2) is 9.97 Å². The average Bonchev–Trinajstić information content (AvgIpc) is 3.24. The summed E-state index contributed by atoms with van der Waals surface area (Å²) in [6, 6.07) is 13.6. The van der Waals surface area contributed by atoms with Gasteiger partial charge in [0.15, 0.2) is 5.65 Å². The lowest BCUT2D eigenvalue weighted by Crippen LogP contribution is -2.07. The van der Waals surface area contributed by atoms with Gasteiger partial charge in [0, 0.05) is 32.1 Å². The maximum Gasteiger partial charge on any atom is 0.179 e. The molecule has 0 radical (unpaired) electrons. The third-order valence-corrected chi connectivity index (χ3v) is 4.42. The Kier molecular flexibility index (Phi) is 4.29. The van der Waals surface area contributed by atoms with E-state index in [0.29, 0.717) is 5.65 Å². The van der Waals surface area contributed by atoms with E-state index in [1.165, 1.54) is 4.73 Å². The van der Waals surface area contributed by atoms with Crippen molar-refractivity contribution in [1.82, 2.24) is 9.71 Å². The Hall–Kier alpha value is -2.22. The van der Waals surface area contributed by atoms with Gasteiger partial charge in [-0.1, -0.05) is 22.5 Å². The van der Waals surface area contributed by atoms with Gasteiger partial charge in [-0.2, -0.15) is 0 Å². The van der Waals surface area contributed by atoms with Crippen LogP contribution in [0.1, 0.15) is 0 Å². The van der Waals surface area contributed by atoms with Crippen molar-refractivity contribution in [2.24, 2.45) is 0 Å². The molecule has 5 nitrogen and oxygen atoms in total. The fraction of sp³-hybridized carbons (Fsp3) is 0. The molecule has 1 aromatic carbocycles. The molecule has 7 heteroatoms. The average molecular weight is 403 g/mol. The third kappa shape index (κ3) is 3.06. The molecule has 24 heavy (non-hydrogen) atoms. The molecule has 0 amide bonds. The molecule has 0 aliphatic heterocycles. The first kappa shape index (κ1) is 15.3. The van der Waals surface area contributed by atoms with Crippen molar-refractivity contribution in [3.63, 3.8) is 0 Å². The molecule has 4 rings (SSSR count). The van der Waals surface area contributed by atoms with Gasteiger partial charge in [0.1, 0.15) is 0 Å². The Bertz CT molecular complexity index is 955. The molecular weight excluding hydrogens is 392 g/mol. The standard InChI is InChI=1S/C17H11BrN2O3S/c18-13-8-15-16(12-6-7-21-11-12)10-20(17(15)19-9-13)22-23-24-14-4-2-1-3-5-14/h1-11H. The van der Waals surface area contributed by atoms with Gasteiger partial charge in [0.05, 0.1) is 30.8 Å². The first-order valence-corrected chi connectivity index (χ1v) is 8.60. The Morgan fingerprint density at radius 2 is 2.04 bits per heavy atom. The van der Waals surface area contributed by atoms with Crippen LogP contribution in [0.4, 0.5) is 0 Å². The summed E-state index contributed by atoms with van der Waals surface area (Å²) in [5.74, 6) is 0. The molecule has 3 heterocycles. The number of hydrogen-bond acceptors (Lipinski definition) is 5. The number of pyridine rings is 1. The van der Waals surface area contributed by atoms with Gasteiger partial charge in [0.2, 0.25) is 0 Å². The summed E-state index contributed by atoms with van der Waals surface area (Å²) in [5, 5.41) is 0.930. The summed E-state index contributed by atoms with van der Waals surface area (Å²) in [7, 11) is 0.